The number of aliphatic hydroxyl groups excluding tert-OH is 1. The van der Waals surface area contributed by atoms with Crippen LogP contribution in [0.25, 0.3) is 0 Å². The van der Waals surface area contributed by atoms with E-state index in [1.807, 2.05) is 0 Å². The standard InChI is InChI=1S/C38H72NO8P/c1-3-5-7-9-11-13-15-16-17-18-19-21-23-25-27-29-31-38(42)45-34-36(40)35-47-48(43,44)46-33-32-39-37(41)30-28-26-24-22-20-14-12-10-8-6-4-2/h13,15,17-18,36,40H,3-12,14,16,19-35H2,1-2H3,(H,39,41)(H,43,44)/b15-13-,18-17-. The van der Waals surface area contributed by atoms with Crippen molar-refractivity contribution in [3.63, 3.8) is 0 Å². The number of hydrogen-bond donors (Lipinski definition) is 3. The average Bonchev–Trinajstić information content (AvgIpc) is 3.07. The number of nitrogens with one attached hydrogen (secondary N) is 1. The normalized spacial score (nSPS) is 13.7. The summed E-state index contributed by atoms with van der Waals surface area (Å²) < 4.78 is 26.7. The Morgan fingerprint density at radius 2 is 1.12 bits per heavy atom. The number of hydrogen-bond acceptors (Lipinski definition) is 7. The summed E-state index contributed by atoms with van der Waals surface area (Å²) in [6.07, 6.45) is 35.3. The molecule has 0 saturated heterocycles. The van der Waals surface area contributed by atoms with Crippen molar-refractivity contribution in [2.24, 2.45) is 0 Å². The van der Waals surface area contributed by atoms with Crippen LogP contribution in [0.15, 0.2) is 24.3 Å². The highest BCUT2D eigenvalue weighted by atomic mass is 31.2. The monoisotopic (exact) mass is 701 g/mol. The number of rotatable bonds is 36. The quantitative estimate of drug-likeness (QED) is 0.0255. The van der Waals surface area contributed by atoms with E-state index in [4.69, 9.17) is 13.8 Å². The number of phosphoric acid groups is 1. The number of esters is 1. The Hall–Kier alpha value is -1.51. The van der Waals surface area contributed by atoms with Gasteiger partial charge in [0.1, 0.15) is 12.7 Å². The van der Waals surface area contributed by atoms with E-state index < -0.39 is 26.5 Å². The van der Waals surface area contributed by atoms with Gasteiger partial charge >= 0.3 is 13.8 Å². The highest BCUT2D eigenvalue weighted by Crippen LogP contribution is 2.42. The van der Waals surface area contributed by atoms with Crippen molar-refractivity contribution in [1.29, 1.82) is 0 Å². The predicted octanol–water partition coefficient (Wildman–Crippen LogP) is 10.0. The van der Waals surface area contributed by atoms with Gasteiger partial charge in [0, 0.05) is 19.4 Å². The van der Waals surface area contributed by atoms with Crippen LogP contribution < -0.4 is 5.32 Å². The number of phosphoric ester groups is 1. The molecule has 2 unspecified atom stereocenters. The van der Waals surface area contributed by atoms with Crippen LogP contribution in [-0.4, -0.2) is 54.3 Å². The number of allylic oxidation sites excluding steroid dienone is 4. The van der Waals surface area contributed by atoms with Gasteiger partial charge in [-0.05, 0) is 44.9 Å². The molecule has 0 spiro atoms. The third kappa shape index (κ3) is 35.8. The summed E-state index contributed by atoms with van der Waals surface area (Å²) in [5.74, 6) is -0.529. The van der Waals surface area contributed by atoms with E-state index in [0.717, 1.165) is 64.2 Å². The molecule has 0 radical (unpaired) electrons. The summed E-state index contributed by atoms with van der Waals surface area (Å²) in [5.41, 5.74) is 0. The van der Waals surface area contributed by atoms with Crippen LogP contribution in [0, 0.1) is 0 Å². The lowest BCUT2D eigenvalue weighted by atomic mass is 10.1. The minimum Gasteiger partial charge on any atom is -0.463 e. The van der Waals surface area contributed by atoms with Gasteiger partial charge in [-0.2, -0.15) is 0 Å². The van der Waals surface area contributed by atoms with Gasteiger partial charge in [-0.15, -0.1) is 0 Å². The van der Waals surface area contributed by atoms with Crippen molar-refractivity contribution in [2.45, 2.75) is 180 Å². The van der Waals surface area contributed by atoms with E-state index in [-0.39, 0.29) is 32.1 Å². The molecule has 2 atom stereocenters. The zero-order chi connectivity index (χ0) is 35.4. The molecular weight excluding hydrogens is 629 g/mol. The maximum Gasteiger partial charge on any atom is 0.472 e. The lowest BCUT2D eigenvalue weighted by Gasteiger charge is -2.15. The van der Waals surface area contributed by atoms with Gasteiger partial charge in [0.05, 0.1) is 13.2 Å². The summed E-state index contributed by atoms with van der Waals surface area (Å²) in [6, 6.07) is 0. The highest BCUT2D eigenvalue weighted by molar-refractivity contribution is 7.47. The third-order valence-corrected chi connectivity index (χ3v) is 9.12. The zero-order valence-electron chi connectivity index (χ0n) is 30.7. The number of carbonyl (C=O) groups is 2. The molecule has 0 bridgehead atoms. The Morgan fingerprint density at radius 1 is 0.646 bits per heavy atom. The predicted molar refractivity (Wildman–Crippen MR) is 197 cm³/mol. The molecule has 0 aliphatic heterocycles. The Morgan fingerprint density at radius 3 is 1.69 bits per heavy atom. The molecule has 0 aliphatic rings. The summed E-state index contributed by atoms with van der Waals surface area (Å²) in [4.78, 5) is 33.7. The summed E-state index contributed by atoms with van der Waals surface area (Å²) in [7, 11) is -4.41. The molecule has 0 aromatic heterocycles. The maximum absolute atomic E-state index is 12.0. The van der Waals surface area contributed by atoms with E-state index in [1.165, 1.54) is 83.5 Å². The van der Waals surface area contributed by atoms with Gasteiger partial charge in [0.25, 0.3) is 0 Å². The minimum absolute atomic E-state index is 0.0825. The molecule has 9 nitrogen and oxygen atoms in total. The van der Waals surface area contributed by atoms with Crippen LogP contribution in [0.4, 0.5) is 0 Å². The van der Waals surface area contributed by atoms with Crippen molar-refractivity contribution in [3.05, 3.63) is 24.3 Å². The van der Waals surface area contributed by atoms with Crippen molar-refractivity contribution in [2.75, 3.05) is 26.4 Å². The zero-order valence-corrected chi connectivity index (χ0v) is 31.6. The fraction of sp³-hybridized carbons (Fsp3) is 0.842. The third-order valence-electron chi connectivity index (χ3n) is 8.13. The van der Waals surface area contributed by atoms with Gasteiger partial charge in [0.15, 0.2) is 0 Å². The molecule has 0 saturated carbocycles. The van der Waals surface area contributed by atoms with Gasteiger partial charge in [0.2, 0.25) is 5.91 Å². The molecule has 3 N–H and O–H groups in total. The topological polar surface area (TPSA) is 131 Å². The second kappa shape index (κ2) is 35.3. The number of carbonyl (C=O) groups excluding carboxylic acids is 2. The second-order valence-electron chi connectivity index (χ2n) is 12.9. The van der Waals surface area contributed by atoms with Crippen molar-refractivity contribution < 1.29 is 37.9 Å². The molecule has 0 aliphatic carbocycles. The van der Waals surface area contributed by atoms with Crippen LogP contribution in [-0.2, 0) is 27.9 Å². The van der Waals surface area contributed by atoms with Gasteiger partial charge in [-0.1, -0.05) is 141 Å². The summed E-state index contributed by atoms with van der Waals surface area (Å²) in [5, 5.41) is 12.6. The van der Waals surface area contributed by atoms with Crippen LogP contribution in [0.2, 0.25) is 0 Å². The van der Waals surface area contributed by atoms with Crippen LogP contribution in [0.5, 0.6) is 0 Å². The first kappa shape index (κ1) is 46.5. The SMILES string of the molecule is CCCCCC/C=C\C/C=C\CCCCCCCC(=O)OCC(O)COP(=O)(O)OCCNC(=O)CCCCCCCCCCCCC. The van der Waals surface area contributed by atoms with Crippen molar-refractivity contribution in [1.82, 2.24) is 5.32 Å². The Labute approximate surface area is 293 Å². The van der Waals surface area contributed by atoms with E-state index in [0.29, 0.717) is 6.42 Å². The van der Waals surface area contributed by atoms with E-state index in [1.54, 1.807) is 0 Å². The molecule has 48 heavy (non-hydrogen) atoms. The summed E-state index contributed by atoms with van der Waals surface area (Å²) >= 11 is 0. The van der Waals surface area contributed by atoms with Crippen molar-refractivity contribution >= 4 is 19.7 Å². The maximum atomic E-state index is 12.0. The fourth-order valence-corrected chi connectivity index (χ4v) is 5.93. The van der Waals surface area contributed by atoms with Gasteiger partial charge in [-0.3, -0.25) is 18.6 Å². The Bertz CT molecular complexity index is 851. The van der Waals surface area contributed by atoms with E-state index >= 15 is 0 Å². The van der Waals surface area contributed by atoms with Crippen molar-refractivity contribution in [3.8, 4) is 0 Å². The molecule has 0 aromatic carbocycles. The number of ether oxygens (including phenoxy) is 1. The van der Waals surface area contributed by atoms with Gasteiger partial charge in [-0.25, -0.2) is 4.57 Å². The second-order valence-corrected chi connectivity index (χ2v) is 14.4. The number of amides is 1. The summed E-state index contributed by atoms with van der Waals surface area (Å²) in [6.45, 7) is 3.51. The minimum atomic E-state index is -4.41. The molecule has 1 amide bonds. The Balaban J connectivity index is 3.64. The molecule has 0 aromatic rings. The van der Waals surface area contributed by atoms with Crippen LogP contribution in [0.3, 0.4) is 0 Å². The first-order valence-electron chi connectivity index (χ1n) is 19.3. The first-order valence-corrected chi connectivity index (χ1v) is 20.8. The molecule has 10 heteroatoms. The van der Waals surface area contributed by atoms with Crippen LogP contribution in [0.1, 0.15) is 174 Å². The molecule has 0 fully saturated rings. The molecule has 0 rings (SSSR count). The highest BCUT2D eigenvalue weighted by Gasteiger charge is 2.23. The van der Waals surface area contributed by atoms with E-state index in [2.05, 4.69) is 43.5 Å². The van der Waals surface area contributed by atoms with E-state index in [9.17, 15) is 24.2 Å². The molecule has 282 valence electrons. The molecular formula is C38H72NO8P. The largest absolute Gasteiger partial charge is 0.472 e. The lowest BCUT2D eigenvalue weighted by Crippen LogP contribution is -2.27. The number of unbranched alkanes of at least 4 members (excludes halogenated alkanes) is 19. The van der Waals surface area contributed by atoms with Gasteiger partial charge < -0.3 is 20.1 Å². The average molecular weight is 702 g/mol. The number of aliphatic hydroxyl groups is 1. The fourth-order valence-electron chi connectivity index (χ4n) is 5.17. The lowest BCUT2D eigenvalue weighted by molar-refractivity contribution is -0.147. The first-order chi connectivity index (χ1) is 23.3. The smallest absolute Gasteiger partial charge is 0.463 e. The van der Waals surface area contributed by atoms with Crippen LogP contribution >= 0.6 is 7.82 Å². The Kier molecular flexibility index (Phi) is 34.2. The molecule has 0 heterocycles.